The van der Waals surface area contributed by atoms with Gasteiger partial charge in [-0.3, -0.25) is 0 Å². The van der Waals surface area contributed by atoms with Gasteiger partial charge in [0.15, 0.2) is 0 Å². The molecular formula is C15H22O2. The van der Waals surface area contributed by atoms with Crippen LogP contribution in [0.3, 0.4) is 0 Å². The van der Waals surface area contributed by atoms with E-state index >= 15 is 0 Å². The monoisotopic (exact) mass is 234 g/mol. The number of rotatable bonds is 5. The van der Waals surface area contributed by atoms with Crippen molar-refractivity contribution in [2.75, 3.05) is 19.8 Å². The molecule has 0 bridgehead atoms. The van der Waals surface area contributed by atoms with Crippen LogP contribution in [0.1, 0.15) is 31.2 Å². The zero-order valence-electron chi connectivity index (χ0n) is 10.4. The minimum Gasteiger partial charge on any atom is -0.396 e. The van der Waals surface area contributed by atoms with Crippen LogP contribution in [0, 0.1) is 5.41 Å². The lowest BCUT2D eigenvalue weighted by Crippen LogP contribution is -2.35. The first-order chi connectivity index (χ1) is 8.35. The molecule has 17 heavy (non-hydrogen) atoms. The lowest BCUT2D eigenvalue weighted by Gasteiger charge is -2.35. The topological polar surface area (TPSA) is 29.5 Å². The van der Waals surface area contributed by atoms with Crippen LogP contribution in [0.4, 0.5) is 0 Å². The predicted molar refractivity (Wildman–Crippen MR) is 69.0 cm³/mol. The maximum absolute atomic E-state index is 9.56. The summed E-state index contributed by atoms with van der Waals surface area (Å²) in [5.74, 6) is 0. The highest BCUT2D eigenvalue weighted by Crippen LogP contribution is 2.33. The molecule has 2 nitrogen and oxygen atoms in total. The van der Waals surface area contributed by atoms with Crippen molar-refractivity contribution in [3.63, 3.8) is 0 Å². The average Bonchev–Trinajstić information content (AvgIpc) is 2.41. The molecule has 1 aliphatic heterocycles. The van der Waals surface area contributed by atoms with Crippen LogP contribution >= 0.6 is 0 Å². The summed E-state index contributed by atoms with van der Waals surface area (Å²) in [5.41, 5.74) is 1.42. The molecule has 1 aromatic carbocycles. The van der Waals surface area contributed by atoms with Gasteiger partial charge in [0.25, 0.3) is 0 Å². The average molecular weight is 234 g/mol. The Labute approximate surface area is 104 Å². The van der Waals surface area contributed by atoms with Gasteiger partial charge in [-0.15, -0.1) is 0 Å². The fraction of sp³-hybridized carbons (Fsp3) is 0.600. The summed E-state index contributed by atoms with van der Waals surface area (Å²) in [4.78, 5) is 0. The summed E-state index contributed by atoms with van der Waals surface area (Å²) < 4.78 is 5.52. The molecule has 0 aromatic heterocycles. The molecule has 1 atom stereocenters. The molecule has 2 heteroatoms. The van der Waals surface area contributed by atoms with Gasteiger partial charge in [-0.05, 0) is 37.7 Å². The quantitative estimate of drug-likeness (QED) is 0.849. The summed E-state index contributed by atoms with van der Waals surface area (Å²) in [7, 11) is 0. The number of hydrogen-bond donors (Lipinski definition) is 1. The van der Waals surface area contributed by atoms with E-state index in [2.05, 4.69) is 24.3 Å². The van der Waals surface area contributed by atoms with Gasteiger partial charge >= 0.3 is 0 Å². The number of aryl methyl sites for hydroxylation is 1. The summed E-state index contributed by atoms with van der Waals surface area (Å²) in [5, 5.41) is 9.56. The van der Waals surface area contributed by atoms with Crippen molar-refractivity contribution in [3.05, 3.63) is 35.9 Å². The molecular weight excluding hydrogens is 212 g/mol. The van der Waals surface area contributed by atoms with Crippen molar-refractivity contribution in [2.45, 2.75) is 32.1 Å². The second-order valence-corrected chi connectivity index (χ2v) is 5.15. The highest BCUT2D eigenvalue weighted by molar-refractivity contribution is 5.14. The van der Waals surface area contributed by atoms with Crippen LogP contribution in [-0.4, -0.2) is 24.9 Å². The van der Waals surface area contributed by atoms with E-state index in [4.69, 9.17) is 4.74 Å². The molecule has 1 heterocycles. The molecule has 1 saturated heterocycles. The first-order valence-electron chi connectivity index (χ1n) is 6.57. The molecule has 0 radical (unpaired) electrons. The van der Waals surface area contributed by atoms with Crippen molar-refractivity contribution in [3.8, 4) is 0 Å². The highest BCUT2D eigenvalue weighted by atomic mass is 16.5. The van der Waals surface area contributed by atoms with Crippen LogP contribution in [-0.2, 0) is 11.2 Å². The van der Waals surface area contributed by atoms with Gasteiger partial charge in [-0.25, -0.2) is 0 Å². The minimum absolute atomic E-state index is 0.0348. The molecule has 0 amide bonds. The van der Waals surface area contributed by atoms with Crippen LogP contribution in [0.15, 0.2) is 30.3 Å². The van der Waals surface area contributed by atoms with E-state index < -0.39 is 0 Å². The summed E-state index contributed by atoms with van der Waals surface area (Å²) in [6, 6.07) is 10.6. The zero-order valence-corrected chi connectivity index (χ0v) is 10.4. The third kappa shape index (κ3) is 3.55. The van der Waals surface area contributed by atoms with Gasteiger partial charge in [0, 0.05) is 12.0 Å². The number of ether oxygens (including phenoxy) is 1. The van der Waals surface area contributed by atoms with E-state index in [0.717, 1.165) is 45.3 Å². The zero-order chi connectivity index (χ0) is 12.0. The Kier molecular flexibility index (Phi) is 4.57. The molecule has 0 saturated carbocycles. The molecule has 1 aromatic rings. The van der Waals surface area contributed by atoms with E-state index in [1.54, 1.807) is 0 Å². The highest BCUT2D eigenvalue weighted by Gasteiger charge is 2.31. The number of aliphatic hydroxyl groups excluding tert-OH is 1. The fourth-order valence-corrected chi connectivity index (χ4v) is 2.62. The van der Waals surface area contributed by atoms with Gasteiger partial charge < -0.3 is 9.84 Å². The second kappa shape index (κ2) is 6.18. The van der Waals surface area contributed by atoms with Crippen LogP contribution in [0.5, 0.6) is 0 Å². The minimum atomic E-state index is 0.0348. The van der Waals surface area contributed by atoms with E-state index in [1.807, 2.05) is 6.07 Å². The van der Waals surface area contributed by atoms with Gasteiger partial charge in [0.1, 0.15) is 0 Å². The largest absolute Gasteiger partial charge is 0.396 e. The second-order valence-electron chi connectivity index (χ2n) is 5.15. The third-order valence-electron chi connectivity index (χ3n) is 3.75. The first kappa shape index (κ1) is 12.6. The van der Waals surface area contributed by atoms with Crippen molar-refractivity contribution >= 4 is 0 Å². The van der Waals surface area contributed by atoms with E-state index in [1.165, 1.54) is 5.56 Å². The summed E-state index contributed by atoms with van der Waals surface area (Å²) in [6.45, 7) is 1.86. The molecule has 94 valence electrons. The molecule has 1 aliphatic rings. The van der Waals surface area contributed by atoms with Crippen molar-refractivity contribution in [2.24, 2.45) is 5.41 Å². The molecule has 0 aliphatic carbocycles. The van der Waals surface area contributed by atoms with Gasteiger partial charge in [0.05, 0.1) is 13.2 Å². The first-order valence-corrected chi connectivity index (χ1v) is 6.57. The lowest BCUT2D eigenvalue weighted by molar-refractivity contribution is -0.0436. The van der Waals surface area contributed by atoms with Crippen molar-refractivity contribution < 1.29 is 9.84 Å². The fourth-order valence-electron chi connectivity index (χ4n) is 2.62. The molecule has 1 unspecified atom stereocenters. The number of benzene rings is 1. The smallest absolute Gasteiger partial charge is 0.0544 e. The number of hydrogen-bond acceptors (Lipinski definition) is 2. The Morgan fingerprint density at radius 2 is 2.06 bits per heavy atom. The Balaban J connectivity index is 1.80. The van der Waals surface area contributed by atoms with Gasteiger partial charge in [-0.1, -0.05) is 30.3 Å². The standard InChI is InChI=1S/C15H22O2/c16-12-15(10-5-11-17-13-15)9-4-8-14-6-2-1-3-7-14/h1-3,6-7,16H,4-5,8-13H2. The normalized spacial score (nSPS) is 24.8. The Morgan fingerprint density at radius 3 is 2.71 bits per heavy atom. The Morgan fingerprint density at radius 1 is 1.24 bits per heavy atom. The Bertz CT molecular complexity index is 315. The van der Waals surface area contributed by atoms with E-state index in [-0.39, 0.29) is 12.0 Å². The maximum Gasteiger partial charge on any atom is 0.0544 e. The van der Waals surface area contributed by atoms with Crippen molar-refractivity contribution in [1.29, 1.82) is 0 Å². The molecule has 0 spiro atoms. The summed E-state index contributed by atoms with van der Waals surface area (Å²) >= 11 is 0. The van der Waals surface area contributed by atoms with Crippen LogP contribution in [0.25, 0.3) is 0 Å². The van der Waals surface area contributed by atoms with Gasteiger partial charge in [0.2, 0.25) is 0 Å². The lowest BCUT2D eigenvalue weighted by atomic mass is 9.78. The van der Waals surface area contributed by atoms with E-state index in [9.17, 15) is 5.11 Å². The Hall–Kier alpha value is -0.860. The van der Waals surface area contributed by atoms with Crippen molar-refractivity contribution in [1.82, 2.24) is 0 Å². The van der Waals surface area contributed by atoms with Crippen LogP contribution < -0.4 is 0 Å². The maximum atomic E-state index is 9.56. The molecule has 2 rings (SSSR count). The van der Waals surface area contributed by atoms with Crippen LogP contribution in [0.2, 0.25) is 0 Å². The SMILES string of the molecule is OCC1(CCCc2ccccc2)CCCOC1. The molecule has 1 N–H and O–H groups in total. The number of aliphatic hydroxyl groups is 1. The summed E-state index contributed by atoms with van der Waals surface area (Å²) in [6.07, 6.45) is 5.50. The van der Waals surface area contributed by atoms with Gasteiger partial charge in [-0.2, -0.15) is 0 Å². The third-order valence-corrected chi connectivity index (χ3v) is 3.75. The molecule has 1 fully saturated rings. The predicted octanol–water partition coefficient (Wildman–Crippen LogP) is 2.80. The van der Waals surface area contributed by atoms with E-state index in [0.29, 0.717) is 0 Å².